The van der Waals surface area contributed by atoms with Crippen molar-refractivity contribution in [3.8, 4) is 5.75 Å². The highest BCUT2D eigenvalue weighted by molar-refractivity contribution is 9.10. The zero-order chi connectivity index (χ0) is 15.8. The number of piperidine rings is 1. The van der Waals surface area contributed by atoms with E-state index >= 15 is 0 Å². The van der Waals surface area contributed by atoms with E-state index in [1.54, 1.807) is 6.07 Å². The van der Waals surface area contributed by atoms with Gasteiger partial charge in [0.2, 0.25) is 10.0 Å². The highest BCUT2D eigenvalue weighted by Gasteiger charge is 2.34. The molecule has 2 atom stereocenters. The molecule has 0 aliphatic carbocycles. The lowest BCUT2D eigenvalue weighted by Gasteiger charge is -2.34. The van der Waals surface area contributed by atoms with Crippen LogP contribution in [0.1, 0.15) is 13.3 Å². The fourth-order valence-corrected chi connectivity index (χ4v) is 5.34. The summed E-state index contributed by atoms with van der Waals surface area (Å²) in [5.74, 6) is 0.379. The molecule has 5 nitrogen and oxygen atoms in total. The molecule has 2 N–H and O–H groups in total. The van der Waals surface area contributed by atoms with Gasteiger partial charge >= 0.3 is 0 Å². The van der Waals surface area contributed by atoms with E-state index in [1.165, 1.54) is 17.5 Å². The van der Waals surface area contributed by atoms with Crippen molar-refractivity contribution in [1.82, 2.24) is 4.31 Å². The van der Waals surface area contributed by atoms with Crippen molar-refractivity contribution >= 4 is 50.0 Å². The van der Waals surface area contributed by atoms with Gasteiger partial charge in [0.15, 0.2) is 5.75 Å². The second kappa shape index (κ2) is 7.68. The number of hydrogen-bond donors (Lipinski definition) is 1. The molecule has 1 fully saturated rings. The van der Waals surface area contributed by atoms with Crippen LogP contribution < -0.4 is 10.5 Å². The predicted octanol–water partition coefficient (Wildman–Crippen LogP) is 2.89. The van der Waals surface area contributed by atoms with Gasteiger partial charge in [-0.1, -0.05) is 18.5 Å². The third-order valence-electron chi connectivity index (χ3n) is 3.73. The number of benzene rings is 1. The van der Waals surface area contributed by atoms with Gasteiger partial charge in [-0.05, 0) is 40.4 Å². The maximum absolute atomic E-state index is 12.8. The number of sulfonamides is 1. The molecule has 1 aliphatic rings. The summed E-state index contributed by atoms with van der Waals surface area (Å²) in [6.45, 7) is 2.76. The first-order valence-corrected chi connectivity index (χ1v) is 9.17. The van der Waals surface area contributed by atoms with E-state index in [0.717, 1.165) is 0 Å². The second-order valence-electron chi connectivity index (χ2n) is 5.21. The highest BCUT2D eigenvalue weighted by atomic mass is 79.9. The van der Waals surface area contributed by atoms with Gasteiger partial charge in [0.1, 0.15) is 4.90 Å². The lowest BCUT2D eigenvalue weighted by atomic mass is 9.96. The van der Waals surface area contributed by atoms with E-state index in [1.807, 2.05) is 6.92 Å². The molecular formula is C13H19BrCl2N2O3S. The fraction of sp³-hybridized carbons (Fsp3) is 0.538. The molecule has 2 rings (SSSR count). The van der Waals surface area contributed by atoms with Gasteiger partial charge in [-0.2, -0.15) is 4.31 Å². The minimum atomic E-state index is -3.67. The van der Waals surface area contributed by atoms with Crippen LogP contribution in [0.4, 0.5) is 0 Å². The summed E-state index contributed by atoms with van der Waals surface area (Å²) in [6, 6.07) is 3.05. The maximum Gasteiger partial charge on any atom is 0.246 e. The molecule has 2 unspecified atom stereocenters. The van der Waals surface area contributed by atoms with Gasteiger partial charge in [0.25, 0.3) is 0 Å². The fourth-order valence-electron chi connectivity index (χ4n) is 2.41. The van der Waals surface area contributed by atoms with E-state index in [2.05, 4.69) is 15.9 Å². The molecule has 9 heteroatoms. The van der Waals surface area contributed by atoms with Crippen LogP contribution in [0.2, 0.25) is 5.02 Å². The van der Waals surface area contributed by atoms with Crippen LogP contribution in [0.3, 0.4) is 0 Å². The van der Waals surface area contributed by atoms with Crippen LogP contribution in [0.25, 0.3) is 0 Å². The third-order valence-corrected chi connectivity index (χ3v) is 6.41. The largest absolute Gasteiger partial charge is 0.494 e. The minimum absolute atomic E-state index is 0. The van der Waals surface area contributed by atoms with Crippen LogP contribution in [-0.2, 0) is 10.0 Å². The predicted molar refractivity (Wildman–Crippen MR) is 93.5 cm³/mol. The topological polar surface area (TPSA) is 72.6 Å². The zero-order valence-corrected chi connectivity index (χ0v) is 16.2. The smallest absolute Gasteiger partial charge is 0.246 e. The molecule has 0 spiro atoms. The molecule has 0 saturated carbocycles. The molecule has 1 aromatic rings. The van der Waals surface area contributed by atoms with Crippen LogP contribution in [0.5, 0.6) is 5.75 Å². The zero-order valence-electron chi connectivity index (χ0n) is 12.3. The summed E-state index contributed by atoms with van der Waals surface area (Å²) in [5, 5.41) is 0.336. The van der Waals surface area contributed by atoms with Crippen LogP contribution >= 0.6 is 39.9 Å². The van der Waals surface area contributed by atoms with Crippen molar-refractivity contribution in [2.75, 3.05) is 20.2 Å². The summed E-state index contributed by atoms with van der Waals surface area (Å²) in [6.07, 6.45) is 0.643. The Morgan fingerprint density at radius 1 is 1.45 bits per heavy atom. The quantitative estimate of drug-likeness (QED) is 0.795. The Kier molecular flexibility index (Phi) is 6.98. The molecule has 0 amide bonds. The van der Waals surface area contributed by atoms with E-state index < -0.39 is 10.0 Å². The highest BCUT2D eigenvalue weighted by Crippen LogP contribution is 2.37. The minimum Gasteiger partial charge on any atom is -0.494 e. The molecule has 0 bridgehead atoms. The standard InChI is InChI=1S/C13H18BrClN2O3S.ClH/c1-8-7-17(4-3-11(8)16)21(18,19)12-6-9(15)5-10(14)13(12)20-2;/h5-6,8,11H,3-4,7,16H2,1-2H3;1H. The van der Waals surface area contributed by atoms with Crippen LogP contribution in [-0.4, -0.2) is 39.0 Å². The van der Waals surface area contributed by atoms with Gasteiger partial charge in [0.05, 0.1) is 11.6 Å². The number of methoxy groups -OCH3 is 1. The van der Waals surface area contributed by atoms with Gasteiger partial charge in [0, 0.05) is 24.2 Å². The van der Waals surface area contributed by atoms with E-state index in [-0.39, 0.29) is 35.0 Å². The Balaban J connectivity index is 0.00000242. The van der Waals surface area contributed by atoms with Crippen molar-refractivity contribution < 1.29 is 13.2 Å². The van der Waals surface area contributed by atoms with Crippen molar-refractivity contribution in [2.24, 2.45) is 11.7 Å². The first-order chi connectivity index (χ1) is 9.77. The summed E-state index contributed by atoms with van der Waals surface area (Å²) in [5.41, 5.74) is 5.95. The molecule has 1 aromatic carbocycles. The number of ether oxygens (including phenoxy) is 1. The number of nitrogens with zero attached hydrogens (tertiary/aromatic N) is 1. The van der Waals surface area contributed by atoms with Crippen molar-refractivity contribution in [3.05, 3.63) is 21.6 Å². The Hall–Kier alpha value is -0.0500. The number of halogens is 3. The van der Waals surface area contributed by atoms with Gasteiger partial charge in [-0.15, -0.1) is 12.4 Å². The second-order valence-corrected chi connectivity index (χ2v) is 8.41. The first kappa shape index (κ1) is 20.0. The first-order valence-electron chi connectivity index (χ1n) is 6.56. The number of hydrogen-bond acceptors (Lipinski definition) is 4. The van der Waals surface area contributed by atoms with E-state index in [9.17, 15) is 8.42 Å². The summed E-state index contributed by atoms with van der Waals surface area (Å²) >= 11 is 9.27. The summed E-state index contributed by atoms with van der Waals surface area (Å²) in [4.78, 5) is 0.0760. The molecule has 0 aromatic heterocycles. The number of nitrogens with two attached hydrogens (primary N) is 1. The normalized spacial score (nSPS) is 23.0. The van der Waals surface area contributed by atoms with Gasteiger partial charge < -0.3 is 10.5 Å². The average molecular weight is 434 g/mol. The van der Waals surface area contributed by atoms with E-state index in [4.69, 9.17) is 22.1 Å². The number of rotatable bonds is 3. The summed E-state index contributed by atoms with van der Waals surface area (Å²) in [7, 11) is -2.24. The Bertz CT molecular complexity index is 642. The van der Waals surface area contributed by atoms with Gasteiger partial charge in [-0.3, -0.25) is 0 Å². The maximum atomic E-state index is 12.8. The van der Waals surface area contributed by atoms with Crippen molar-refractivity contribution in [2.45, 2.75) is 24.3 Å². The van der Waals surface area contributed by atoms with Crippen LogP contribution in [0, 0.1) is 5.92 Å². The van der Waals surface area contributed by atoms with Crippen LogP contribution in [0.15, 0.2) is 21.5 Å². The Morgan fingerprint density at radius 2 is 2.09 bits per heavy atom. The van der Waals surface area contributed by atoms with Gasteiger partial charge in [-0.25, -0.2) is 8.42 Å². The molecule has 1 saturated heterocycles. The molecule has 0 radical (unpaired) electrons. The third kappa shape index (κ3) is 3.88. The lowest BCUT2D eigenvalue weighted by molar-refractivity contribution is 0.249. The SMILES string of the molecule is COc1c(Br)cc(Cl)cc1S(=O)(=O)N1CCC(N)C(C)C1.Cl. The monoisotopic (exact) mass is 432 g/mol. The van der Waals surface area contributed by atoms with E-state index in [0.29, 0.717) is 29.0 Å². The molecule has 1 heterocycles. The summed E-state index contributed by atoms with van der Waals surface area (Å²) < 4.78 is 32.9. The molecule has 126 valence electrons. The Morgan fingerprint density at radius 3 is 2.64 bits per heavy atom. The van der Waals surface area contributed by atoms with Crippen molar-refractivity contribution in [3.63, 3.8) is 0 Å². The molecule has 1 aliphatic heterocycles. The lowest BCUT2D eigenvalue weighted by Crippen LogP contribution is -2.48. The van der Waals surface area contributed by atoms with Crippen molar-refractivity contribution in [1.29, 1.82) is 0 Å². The average Bonchev–Trinajstić information content (AvgIpc) is 2.41. The Labute approximate surface area is 150 Å². The molecule has 22 heavy (non-hydrogen) atoms. The molecular weight excluding hydrogens is 415 g/mol.